The van der Waals surface area contributed by atoms with Gasteiger partial charge < -0.3 is 14.8 Å². The summed E-state index contributed by atoms with van der Waals surface area (Å²) in [6, 6.07) is 24.2. The number of ether oxygens (including phenoxy) is 2. The minimum absolute atomic E-state index is 0.00455. The van der Waals surface area contributed by atoms with Crippen molar-refractivity contribution in [2.45, 2.75) is 11.8 Å². The zero-order valence-corrected chi connectivity index (χ0v) is 26.0. The summed E-state index contributed by atoms with van der Waals surface area (Å²) in [5.74, 6) is -0.0834. The number of carbonyl (C=O) groups is 2. The van der Waals surface area contributed by atoms with E-state index in [2.05, 4.69) is 15.8 Å². The number of nitrogens with zero attached hydrogens (tertiary/aromatic N) is 2. The molecule has 0 bridgehead atoms. The number of amides is 2. The number of aryl methyl sites for hydroxylation is 1. The lowest BCUT2D eigenvalue weighted by Crippen LogP contribution is -2.39. The zero-order chi connectivity index (χ0) is 31.7. The van der Waals surface area contributed by atoms with Gasteiger partial charge in [0.2, 0.25) is 0 Å². The molecule has 0 aromatic heterocycles. The van der Waals surface area contributed by atoms with Crippen molar-refractivity contribution in [1.29, 1.82) is 0 Å². The Kier molecular flexibility index (Phi) is 10.8. The molecule has 0 radical (unpaired) electrons. The maximum Gasteiger partial charge on any atom is 0.264 e. The van der Waals surface area contributed by atoms with Crippen molar-refractivity contribution in [1.82, 2.24) is 5.43 Å². The van der Waals surface area contributed by atoms with E-state index < -0.39 is 22.5 Å². The third-order valence-electron chi connectivity index (χ3n) is 6.07. The van der Waals surface area contributed by atoms with E-state index in [1.54, 1.807) is 60.7 Å². The zero-order valence-electron chi connectivity index (χ0n) is 23.7. The first-order valence-corrected chi connectivity index (χ1v) is 15.3. The van der Waals surface area contributed by atoms with Gasteiger partial charge in [0, 0.05) is 10.0 Å². The van der Waals surface area contributed by atoms with Gasteiger partial charge in [-0.2, -0.15) is 5.10 Å². The molecule has 0 unspecified atom stereocenters. The van der Waals surface area contributed by atoms with Gasteiger partial charge in [0.1, 0.15) is 18.0 Å². The number of hydrazone groups is 1. The van der Waals surface area contributed by atoms with Crippen LogP contribution in [-0.4, -0.2) is 46.7 Å². The summed E-state index contributed by atoms with van der Waals surface area (Å²) in [4.78, 5) is 25.1. The van der Waals surface area contributed by atoms with Gasteiger partial charge in [-0.15, -0.1) is 0 Å². The molecule has 0 spiro atoms. The smallest absolute Gasteiger partial charge is 0.264 e. The standard InChI is InChI=1S/C31H28Cl2N4O6S/c1-21-7-13-27(14-8-21)44(40,41)37(25-16-23(32)15-24(33)17-25)19-30(38)36-34-18-22-9-11-26(12-10-22)43-20-31(39)35-28-5-3-4-6-29(28)42-2/h3-18H,19-20H2,1-2H3,(H,35,39)(H,36,38)/b34-18-. The van der Waals surface area contributed by atoms with Crippen LogP contribution in [0.25, 0.3) is 0 Å². The van der Waals surface area contributed by atoms with Gasteiger partial charge >= 0.3 is 0 Å². The van der Waals surface area contributed by atoms with Gasteiger partial charge in [0.15, 0.2) is 6.61 Å². The third-order valence-corrected chi connectivity index (χ3v) is 8.29. The minimum Gasteiger partial charge on any atom is -0.495 e. The molecule has 0 aliphatic heterocycles. The van der Waals surface area contributed by atoms with Crippen LogP contribution >= 0.6 is 23.2 Å². The van der Waals surface area contributed by atoms with Crippen LogP contribution in [0.15, 0.2) is 101 Å². The molecule has 4 aromatic carbocycles. The van der Waals surface area contributed by atoms with Crippen LogP contribution in [0.4, 0.5) is 11.4 Å². The molecule has 4 rings (SSSR count). The number of anilines is 2. The van der Waals surface area contributed by atoms with E-state index in [0.29, 0.717) is 22.7 Å². The molecule has 2 N–H and O–H groups in total. The lowest BCUT2D eigenvalue weighted by atomic mass is 10.2. The van der Waals surface area contributed by atoms with Crippen LogP contribution < -0.4 is 24.5 Å². The number of rotatable bonds is 12. The molecule has 0 aliphatic rings. The molecule has 4 aromatic rings. The number of hydrogen-bond acceptors (Lipinski definition) is 7. The first-order chi connectivity index (χ1) is 21.0. The highest BCUT2D eigenvalue weighted by Crippen LogP contribution is 2.30. The van der Waals surface area contributed by atoms with Crippen molar-refractivity contribution in [2.24, 2.45) is 5.10 Å². The summed E-state index contributed by atoms with van der Waals surface area (Å²) < 4.78 is 38.7. The van der Waals surface area contributed by atoms with Crippen LogP contribution in [0.1, 0.15) is 11.1 Å². The Morgan fingerprint density at radius 2 is 1.57 bits per heavy atom. The number of nitrogens with one attached hydrogen (secondary N) is 2. The number of sulfonamides is 1. The molecular weight excluding hydrogens is 627 g/mol. The second-order valence-electron chi connectivity index (χ2n) is 9.35. The molecule has 0 aliphatic carbocycles. The summed E-state index contributed by atoms with van der Waals surface area (Å²) in [7, 11) is -2.64. The number of methoxy groups -OCH3 is 1. The highest BCUT2D eigenvalue weighted by Gasteiger charge is 2.27. The molecule has 44 heavy (non-hydrogen) atoms. The normalized spacial score (nSPS) is 11.2. The van der Waals surface area contributed by atoms with E-state index in [9.17, 15) is 18.0 Å². The van der Waals surface area contributed by atoms with E-state index in [-0.39, 0.29) is 33.1 Å². The maximum atomic E-state index is 13.5. The van der Waals surface area contributed by atoms with Crippen LogP contribution in [0.5, 0.6) is 11.5 Å². The van der Waals surface area contributed by atoms with E-state index in [1.807, 2.05) is 6.92 Å². The molecule has 10 nitrogen and oxygen atoms in total. The van der Waals surface area contributed by atoms with Crippen LogP contribution in [0.3, 0.4) is 0 Å². The quantitative estimate of drug-likeness (QED) is 0.150. The highest BCUT2D eigenvalue weighted by atomic mass is 35.5. The van der Waals surface area contributed by atoms with Crippen LogP contribution in [-0.2, 0) is 19.6 Å². The fraction of sp³-hybridized carbons (Fsp3) is 0.129. The Balaban J connectivity index is 1.37. The van der Waals surface area contributed by atoms with E-state index in [0.717, 1.165) is 9.87 Å². The summed E-state index contributed by atoms with van der Waals surface area (Å²) in [6.45, 7) is 1.02. The first-order valence-electron chi connectivity index (χ1n) is 13.1. The second kappa shape index (κ2) is 14.7. The topological polar surface area (TPSA) is 126 Å². The number of benzene rings is 4. The maximum absolute atomic E-state index is 13.5. The van der Waals surface area contributed by atoms with Gasteiger partial charge in [0.05, 0.1) is 29.6 Å². The lowest BCUT2D eigenvalue weighted by molar-refractivity contribution is -0.119. The third kappa shape index (κ3) is 8.73. The van der Waals surface area contributed by atoms with Gasteiger partial charge in [-0.05, 0) is 79.2 Å². The first kappa shape index (κ1) is 32.3. The fourth-order valence-electron chi connectivity index (χ4n) is 3.91. The predicted octanol–water partition coefficient (Wildman–Crippen LogP) is 5.67. The Hall–Kier alpha value is -4.58. The molecule has 228 valence electrons. The van der Waals surface area contributed by atoms with Crippen molar-refractivity contribution in [3.05, 3.63) is 112 Å². The number of halogens is 2. The van der Waals surface area contributed by atoms with Crippen molar-refractivity contribution in [3.63, 3.8) is 0 Å². The summed E-state index contributed by atoms with van der Waals surface area (Å²) >= 11 is 12.3. The van der Waals surface area contributed by atoms with Gasteiger partial charge in [-0.25, -0.2) is 13.8 Å². The van der Waals surface area contributed by atoms with Crippen LogP contribution in [0, 0.1) is 6.92 Å². The minimum atomic E-state index is -4.16. The van der Waals surface area contributed by atoms with Crippen LogP contribution in [0.2, 0.25) is 10.0 Å². The summed E-state index contributed by atoms with van der Waals surface area (Å²) in [5, 5.41) is 7.08. The van der Waals surface area contributed by atoms with E-state index in [4.69, 9.17) is 32.7 Å². The average Bonchev–Trinajstić information content (AvgIpc) is 2.99. The number of carbonyl (C=O) groups excluding carboxylic acids is 2. The molecule has 0 fully saturated rings. The molecule has 2 amide bonds. The van der Waals surface area contributed by atoms with Crippen molar-refractivity contribution in [2.75, 3.05) is 29.9 Å². The number of para-hydroxylation sites is 2. The second-order valence-corrected chi connectivity index (χ2v) is 12.1. The Morgan fingerprint density at radius 1 is 0.909 bits per heavy atom. The van der Waals surface area contributed by atoms with Gasteiger partial charge in [-0.3, -0.25) is 13.9 Å². The average molecular weight is 656 g/mol. The largest absolute Gasteiger partial charge is 0.495 e. The monoisotopic (exact) mass is 654 g/mol. The molecule has 0 atom stereocenters. The highest BCUT2D eigenvalue weighted by molar-refractivity contribution is 7.92. The SMILES string of the molecule is COc1ccccc1NC(=O)COc1ccc(/C=N\NC(=O)CN(c2cc(Cl)cc(Cl)c2)S(=O)(=O)c2ccc(C)cc2)cc1. The van der Waals surface area contributed by atoms with E-state index >= 15 is 0 Å². The lowest BCUT2D eigenvalue weighted by Gasteiger charge is -2.24. The van der Waals surface area contributed by atoms with Crippen molar-refractivity contribution >= 4 is 62.6 Å². The van der Waals surface area contributed by atoms with Gasteiger partial charge in [0.25, 0.3) is 21.8 Å². The molecule has 13 heteroatoms. The van der Waals surface area contributed by atoms with Crippen molar-refractivity contribution in [3.8, 4) is 11.5 Å². The molecule has 0 saturated carbocycles. The molecule has 0 saturated heterocycles. The Labute approximate surface area is 265 Å². The Bertz CT molecular complexity index is 1740. The van der Waals surface area contributed by atoms with Crippen molar-refractivity contribution < 1.29 is 27.5 Å². The molecule has 0 heterocycles. The van der Waals surface area contributed by atoms with E-state index in [1.165, 1.54) is 43.7 Å². The molecular formula is C31H28Cl2N4O6S. The number of hydrogen-bond donors (Lipinski definition) is 2. The summed E-state index contributed by atoms with van der Waals surface area (Å²) in [5.41, 5.74) is 4.49. The predicted molar refractivity (Wildman–Crippen MR) is 171 cm³/mol. The Morgan fingerprint density at radius 3 is 2.23 bits per heavy atom. The fourth-order valence-corrected chi connectivity index (χ4v) is 5.83. The van der Waals surface area contributed by atoms with Gasteiger partial charge in [-0.1, -0.05) is 53.0 Å². The summed E-state index contributed by atoms with van der Waals surface area (Å²) in [6.07, 6.45) is 1.38.